The van der Waals surface area contributed by atoms with E-state index in [4.69, 9.17) is 4.74 Å². The second-order valence-corrected chi connectivity index (χ2v) is 15.1. The lowest BCUT2D eigenvalue weighted by Gasteiger charge is -2.56. The number of imidazole rings is 1. The highest BCUT2D eigenvalue weighted by Gasteiger charge is 2.51. The van der Waals surface area contributed by atoms with Gasteiger partial charge in [-0.3, -0.25) is 24.3 Å². The first-order valence-electron chi connectivity index (χ1n) is 16.7. The van der Waals surface area contributed by atoms with Crippen LogP contribution >= 0.6 is 31.9 Å². The van der Waals surface area contributed by atoms with Crippen LogP contribution in [0.3, 0.4) is 0 Å². The molecular formula is C35H41Br2N7O4. The van der Waals surface area contributed by atoms with Crippen LogP contribution in [0.2, 0.25) is 0 Å². The number of piperazine rings is 1. The quantitative estimate of drug-likeness (QED) is 0.250. The van der Waals surface area contributed by atoms with E-state index in [0.29, 0.717) is 25.4 Å². The number of amides is 1. The number of ether oxygens (including phenoxy) is 1. The van der Waals surface area contributed by atoms with Crippen LogP contribution < -0.4 is 5.69 Å². The van der Waals surface area contributed by atoms with Crippen LogP contribution in [-0.4, -0.2) is 111 Å². The van der Waals surface area contributed by atoms with Crippen molar-refractivity contribution in [2.24, 2.45) is 0 Å². The largest absolute Gasteiger partial charge is 0.445 e. The third kappa shape index (κ3) is 6.35. The molecule has 11 nitrogen and oxygen atoms in total. The number of hydrogen-bond donors (Lipinski definition) is 1. The predicted octanol–water partition coefficient (Wildman–Crippen LogP) is 5.37. The second kappa shape index (κ2) is 14.0. The molecule has 0 unspecified atom stereocenters. The summed E-state index contributed by atoms with van der Waals surface area (Å²) in [7, 11) is 2.17. The first-order valence-corrected chi connectivity index (χ1v) is 18.3. The summed E-state index contributed by atoms with van der Waals surface area (Å²) < 4.78 is 9.55. The van der Waals surface area contributed by atoms with E-state index in [2.05, 4.69) is 63.6 Å². The number of benzene rings is 2. The van der Waals surface area contributed by atoms with Gasteiger partial charge < -0.3 is 19.4 Å². The number of likely N-dealkylation sites (N-methyl/N-ethyl adjacent to an activating group) is 1. The van der Waals surface area contributed by atoms with Gasteiger partial charge in [0.1, 0.15) is 18.6 Å². The number of carbonyl (C=O) groups excluding carboxylic acids is 2. The highest BCUT2D eigenvalue weighted by Crippen LogP contribution is 2.42. The average Bonchev–Trinajstić information content (AvgIpc) is 3.45. The van der Waals surface area contributed by atoms with E-state index in [1.54, 1.807) is 15.7 Å². The molecule has 0 spiro atoms. The van der Waals surface area contributed by atoms with E-state index in [0.717, 1.165) is 94.8 Å². The first-order chi connectivity index (χ1) is 23.3. The smallest absolute Gasteiger partial charge is 0.411 e. The summed E-state index contributed by atoms with van der Waals surface area (Å²) >= 11 is 7.03. The summed E-state index contributed by atoms with van der Waals surface area (Å²) in [5, 5.41) is 0.886. The van der Waals surface area contributed by atoms with Gasteiger partial charge >= 0.3 is 11.8 Å². The number of rotatable bonds is 7. The zero-order chi connectivity index (χ0) is 33.4. The van der Waals surface area contributed by atoms with Crippen LogP contribution in [-0.2, 0) is 16.1 Å². The van der Waals surface area contributed by atoms with Gasteiger partial charge in [-0.2, -0.15) is 0 Å². The van der Waals surface area contributed by atoms with E-state index in [1.807, 2.05) is 42.5 Å². The van der Waals surface area contributed by atoms with Crippen LogP contribution in [0.1, 0.15) is 43.7 Å². The molecule has 2 aromatic heterocycles. The number of halogens is 2. The van der Waals surface area contributed by atoms with E-state index in [1.165, 1.54) is 0 Å². The fourth-order valence-corrected chi connectivity index (χ4v) is 8.76. The Balaban J connectivity index is 1.20. The summed E-state index contributed by atoms with van der Waals surface area (Å²) in [6.07, 6.45) is 5.22. The van der Waals surface area contributed by atoms with Gasteiger partial charge in [-0.05, 0) is 81.9 Å². The van der Waals surface area contributed by atoms with E-state index < -0.39 is 11.8 Å². The van der Waals surface area contributed by atoms with Gasteiger partial charge in [-0.25, -0.2) is 9.59 Å². The number of piperidine rings is 2. The summed E-state index contributed by atoms with van der Waals surface area (Å²) in [5.41, 5.74) is 2.00. The first kappa shape index (κ1) is 33.4. The molecule has 0 aliphatic carbocycles. The Morgan fingerprint density at radius 2 is 1.75 bits per heavy atom. The van der Waals surface area contributed by atoms with Crippen molar-refractivity contribution >= 4 is 66.2 Å². The third-order valence-corrected chi connectivity index (χ3v) is 12.5. The van der Waals surface area contributed by atoms with E-state index in [-0.39, 0.29) is 24.8 Å². The van der Waals surface area contributed by atoms with Crippen molar-refractivity contribution in [3.05, 3.63) is 73.7 Å². The number of pyridine rings is 1. The van der Waals surface area contributed by atoms with Gasteiger partial charge in [-0.15, -0.1) is 0 Å². The zero-order valence-corrected chi connectivity index (χ0v) is 30.3. The fraction of sp³-hybridized carbons (Fsp3) is 0.486. The summed E-state index contributed by atoms with van der Waals surface area (Å²) in [6.45, 7) is 6.18. The maximum absolute atomic E-state index is 14.1. The topological polar surface area (TPSA) is 107 Å². The van der Waals surface area contributed by atoms with Gasteiger partial charge in [-0.1, -0.05) is 24.3 Å². The summed E-state index contributed by atoms with van der Waals surface area (Å²) in [6, 6.07) is 13.7. The predicted molar refractivity (Wildman–Crippen MR) is 192 cm³/mol. The number of para-hydroxylation sites is 1. The molecule has 3 fully saturated rings. The molecule has 1 N–H and O–H groups in total. The Hall–Kier alpha value is -3.10. The number of fused-ring (bicyclic) bond motifs is 3. The SMILES string of the molecule is CN1CCN(C2CCN([C@]3(CC=O)C[C@H](n4c(=O)[nH]c5c6ccccc6ncc54)CCN3C(=O)OCc3ccc(Br)c(Br)c3)CC2)CC1. The van der Waals surface area contributed by atoms with Crippen molar-refractivity contribution in [3.63, 3.8) is 0 Å². The molecule has 7 rings (SSSR count). The molecule has 4 aromatic rings. The van der Waals surface area contributed by atoms with Crippen molar-refractivity contribution in [2.75, 3.05) is 52.9 Å². The number of nitrogens with one attached hydrogen (secondary N) is 1. The monoisotopic (exact) mass is 781 g/mol. The number of likely N-dealkylation sites (tertiary alicyclic amines) is 2. The van der Waals surface area contributed by atoms with Crippen molar-refractivity contribution in [3.8, 4) is 0 Å². The van der Waals surface area contributed by atoms with Crippen LogP contribution in [0.5, 0.6) is 0 Å². The van der Waals surface area contributed by atoms with Crippen LogP contribution in [0.25, 0.3) is 21.9 Å². The number of aromatic nitrogens is 3. The molecule has 2 atom stereocenters. The minimum Gasteiger partial charge on any atom is -0.445 e. The molecule has 3 aliphatic rings. The number of aldehydes is 1. The van der Waals surface area contributed by atoms with Crippen LogP contribution in [0.4, 0.5) is 4.79 Å². The standard InChI is InChI=1S/C35H41Br2N7O4/c1-40-15-17-41(18-16-40)25-8-12-42(13-9-25)35(11-19-45)21-26(10-14-43(35)34(47)48-23-24-6-7-28(36)29(37)20-24)44-31-22-38-30-5-3-2-4-27(30)32(31)39-33(44)46/h2-7,19-20,22,25-26H,8-18,21,23H2,1H3,(H,39,46)/t26-,35+/m1/s1. The number of nitrogens with zero attached hydrogens (tertiary/aromatic N) is 6. The highest BCUT2D eigenvalue weighted by molar-refractivity contribution is 9.13. The minimum absolute atomic E-state index is 0.105. The van der Waals surface area contributed by atoms with Gasteiger partial charge in [0.2, 0.25) is 0 Å². The van der Waals surface area contributed by atoms with Gasteiger partial charge in [0, 0.05) is 85.1 Å². The maximum Gasteiger partial charge on any atom is 0.411 e. The van der Waals surface area contributed by atoms with E-state index in [9.17, 15) is 14.4 Å². The van der Waals surface area contributed by atoms with Crippen LogP contribution in [0, 0.1) is 0 Å². The normalized spacial score (nSPS) is 23.6. The second-order valence-electron chi connectivity index (χ2n) is 13.3. The molecule has 254 valence electrons. The fourth-order valence-electron chi connectivity index (χ4n) is 8.08. The molecular weight excluding hydrogens is 742 g/mol. The minimum atomic E-state index is -0.942. The molecule has 0 radical (unpaired) electrons. The number of carbonyl (C=O) groups is 2. The third-order valence-electron chi connectivity index (χ3n) is 10.7. The summed E-state index contributed by atoms with van der Waals surface area (Å²) in [4.78, 5) is 57.1. The molecule has 48 heavy (non-hydrogen) atoms. The molecule has 3 aliphatic heterocycles. The molecule has 3 saturated heterocycles. The molecule has 0 saturated carbocycles. The van der Waals surface area contributed by atoms with Crippen molar-refractivity contribution < 1.29 is 14.3 Å². The van der Waals surface area contributed by atoms with Crippen molar-refractivity contribution in [1.82, 2.24) is 34.1 Å². The summed E-state index contributed by atoms with van der Waals surface area (Å²) in [5.74, 6) is 0. The van der Waals surface area contributed by atoms with Crippen LogP contribution in [0.15, 0.2) is 62.4 Å². The van der Waals surface area contributed by atoms with Crippen molar-refractivity contribution in [2.45, 2.75) is 56.5 Å². The molecule has 5 heterocycles. The van der Waals surface area contributed by atoms with Gasteiger partial charge in [0.15, 0.2) is 0 Å². The molecule has 1 amide bonds. The lowest BCUT2D eigenvalue weighted by molar-refractivity contribution is -0.127. The lowest BCUT2D eigenvalue weighted by atomic mass is 9.85. The zero-order valence-electron chi connectivity index (χ0n) is 27.1. The maximum atomic E-state index is 14.1. The van der Waals surface area contributed by atoms with Gasteiger partial charge in [0.25, 0.3) is 0 Å². The molecule has 2 aromatic carbocycles. The highest BCUT2D eigenvalue weighted by atomic mass is 79.9. The number of hydrogen-bond acceptors (Lipinski definition) is 8. The Labute approximate surface area is 296 Å². The van der Waals surface area contributed by atoms with Gasteiger partial charge in [0.05, 0.1) is 22.7 Å². The Bertz CT molecular complexity index is 1860. The lowest BCUT2D eigenvalue weighted by Crippen LogP contribution is -2.68. The number of H-pyrrole nitrogens is 1. The Kier molecular flexibility index (Phi) is 9.76. The molecule has 0 bridgehead atoms. The molecule has 13 heteroatoms. The van der Waals surface area contributed by atoms with Crippen molar-refractivity contribution in [1.29, 1.82) is 0 Å². The number of aromatic amines is 1. The Morgan fingerprint density at radius 1 is 1.00 bits per heavy atom. The average molecular weight is 784 g/mol. The van der Waals surface area contributed by atoms with E-state index >= 15 is 0 Å². The Morgan fingerprint density at radius 3 is 2.50 bits per heavy atom.